The summed E-state index contributed by atoms with van der Waals surface area (Å²) in [6.45, 7) is 1.85. The Morgan fingerprint density at radius 2 is 1.74 bits per heavy atom. The predicted octanol–water partition coefficient (Wildman–Crippen LogP) is 6.19. The lowest BCUT2D eigenvalue weighted by atomic mass is 10.2. The van der Waals surface area contributed by atoms with Gasteiger partial charge in [0.15, 0.2) is 0 Å². The van der Waals surface area contributed by atoms with Crippen LogP contribution in [-0.2, 0) is 4.79 Å². The summed E-state index contributed by atoms with van der Waals surface area (Å²) in [7, 11) is 0. The van der Waals surface area contributed by atoms with Crippen LogP contribution in [0, 0.1) is 0 Å². The Kier molecular flexibility index (Phi) is 6.30. The maximum Gasteiger partial charge on any atom is 0.255 e. The third-order valence-electron chi connectivity index (χ3n) is 4.68. The van der Waals surface area contributed by atoms with Gasteiger partial charge in [-0.25, -0.2) is 0 Å². The molecule has 0 spiro atoms. The maximum absolute atomic E-state index is 12.6. The Labute approximate surface area is 189 Å². The molecule has 1 heterocycles. The molecule has 0 saturated carbocycles. The zero-order chi connectivity index (χ0) is 21.8. The lowest BCUT2D eigenvalue weighted by Gasteiger charge is -2.13. The van der Waals surface area contributed by atoms with E-state index in [1.807, 2.05) is 61.7 Å². The molecule has 3 aromatic carbocycles. The van der Waals surface area contributed by atoms with Crippen molar-refractivity contribution in [3.05, 3.63) is 89.6 Å². The first-order chi connectivity index (χ1) is 15.0. The lowest BCUT2D eigenvalue weighted by molar-refractivity contribution is -0.115. The van der Waals surface area contributed by atoms with Gasteiger partial charge >= 0.3 is 0 Å². The van der Waals surface area contributed by atoms with Gasteiger partial charge in [0.2, 0.25) is 5.91 Å². The molecule has 156 valence electrons. The number of thioether (sulfide) groups is 1. The smallest absolute Gasteiger partial charge is 0.255 e. The molecule has 0 aliphatic heterocycles. The fourth-order valence-electron chi connectivity index (χ4n) is 3.11. The van der Waals surface area contributed by atoms with Gasteiger partial charge in [-0.05, 0) is 66.9 Å². The third kappa shape index (κ3) is 5.29. The summed E-state index contributed by atoms with van der Waals surface area (Å²) in [6.07, 6.45) is 1.87. The van der Waals surface area contributed by atoms with Gasteiger partial charge in [-0.2, -0.15) is 0 Å². The van der Waals surface area contributed by atoms with Crippen LogP contribution in [0.25, 0.3) is 10.9 Å². The van der Waals surface area contributed by atoms with E-state index in [4.69, 9.17) is 11.6 Å². The van der Waals surface area contributed by atoms with Crippen molar-refractivity contribution < 1.29 is 9.59 Å². The molecule has 4 aromatic rings. The molecule has 0 aliphatic rings. The van der Waals surface area contributed by atoms with E-state index in [1.54, 1.807) is 24.3 Å². The minimum Gasteiger partial charge on any atom is -0.361 e. The summed E-state index contributed by atoms with van der Waals surface area (Å²) in [6, 6.07) is 21.9. The Hall–Kier alpha value is -3.22. The highest BCUT2D eigenvalue weighted by atomic mass is 35.5. The lowest BCUT2D eigenvalue weighted by Crippen LogP contribution is -2.22. The number of carbonyl (C=O) groups is 2. The quantitative estimate of drug-likeness (QED) is 0.307. The summed E-state index contributed by atoms with van der Waals surface area (Å²) in [5.74, 6) is -0.334. The van der Waals surface area contributed by atoms with Crippen molar-refractivity contribution in [2.24, 2.45) is 0 Å². The van der Waals surface area contributed by atoms with E-state index in [0.717, 1.165) is 21.5 Å². The topological polar surface area (TPSA) is 74.0 Å². The van der Waals surface area contributed by atoms with E-state index in [-0.39, 0.29) is 17.1 Å². The molecule has 0 bridgehead atoms. The first kappa shape index (κ1) is 21.0. The number of hydrogen-bond donors (Lipinski definition) is 3. The fourth-order valence-corrected chi connectivity index (χ4v) is 4.22. The molecular weight excluding hydrogens is 430 g/mol. The minimum absolute atomic E-state index is 0.0933. The summed E-state index contributed by atoms with van der Waals surface area (Å²) in [5, 5.41) is 7.10. The Morgan fingerprint density at radius 1 is 0.935 bits per heavy atom. The molecule has 0 aliphatic carbocycles. The van der Waals surface area contributed by atoms with Crippen LogP contribution >= 0.6 is 23.4 Å². The monoisotopic (exact) mass is 449 g/mol. The number of rotatable bonds is 6. The average Bonchev–Trinajstić information content (AvgIpc) is 3.22. The average molecular weight is 450 g/mol. The largest absolute Gasteiger partial charge is 0.361 e. The van der Waals surface area contributed by atoms with Gasteiger partial charge in [0, 0.05) is 38.6 Å². The predicted molar refractivity (Wildman–Crippen MR) is 128 cm³/mol. The molecule has 1 aromatic heterocycles. The number of anilines is 2. The number of H-pyrrole nitrogens is 1. The number of carbonyl (C=O) groups excluding carboxylic acids is 2. The van der Waals surface area contributed by atoms with Crippen molar-refractivity contribution in [2.45, 2.75) is 17.1 Å². The zero-order valence-corrected chi connectivity index (χ0v) is 18.3. The van der Waals surface area contributed by atoms with Gasteiger partial charge < -0.3 is 15.6 Å². The highest BCUT2D eigenvalue weighted by Gasteiger charge is 2.15. The van der Waals surface area contributed by atoms with E-state index in [1.165, 1.54) is 11.8 Å². The van der Waals surface area contributed by atoms with Gasteiger partial charge in [-0.15, -0.1) is 11.8 Å². The Morgan fingerprint density at radius 3 is 2.58 bits per heavy atom. The molecule has 0 saturated heterocycles. The van der Waals surface area contributed by atoms with Gasteiger partial charge in [0.1, 0.15) is 0 Å². The Bertz CT molecular complexity index is 1250. The number of hydrogen-bond acceptors (Lipinski definition) is 3. The van der Waals surface area contributed by atoms with E-state index < -0.39 is 0 Å². The second-order valence-corrected chi connectivity index (χ2v) is 8.87. The van der Waals surface area contributed by atoms with Gasteiger partial charge in [0.25, 0.3) is 5.91 Å². The highest BCUT2D eigenvalue weighted by molar-refractivity contribution is 8.00. The molecule has 31 heavy (non-hydrogen) atoms. The van der Waals surface area contributed by atoms with Crippen LogP contribution in [-0.4, -0.2) is 22.0 Å². The first-order valence-corrected chi connectivity index (χ1v) is 11.0. The first-order valence-electron chi connectivity index (χ1n) is 9.69. The molecule has 3 N–H and O–H groups in total. The van der Waals surface area contributed by atoms with E-state index in [9.17, 15) is 9.59 Å². The summed E-state index contributed by atoms with van der Waals surface area (Å²) < 4.78 is 0. The molecule has 2 amide bonds. The third-order valence-corrected chi connectivity index (χ3v) is 6.01. The molecule has 1 atom stereocenters. The van der Waals surface area contributed by atoms with Crippen LogP contribution in [0.15, 0.2) is 83.9 Å². The Balaban J connectivity index is 1.39. The number of fused-ring (bicyclic) bond motifs is 1. The van der Waals surface area contributed by atoms with Crippen molar-refractivity contribution in [3.8, 4) is 0 Å². The van der Waals surface area contributed by atoms with Crippen molar-refractivity contribution in [3.63, 3.8) is 0 Å². The van der Waals surface area contributed by atoms with Crippen LogP contribution in [0.4, 0.5) is 11.4 Å². The standard InChI is InChI=1S/C24H20ClN3O2S/c1-15(23(29)27-20-9-8-16-10-11-26-22(16)14-20)31-21-7-3-6-19(13-21)28-24(30)17-4-2-5-18(25)12-17/h2-15,26H,1H3,(H,27,29)(H,28,30). The van der Waals surface area contributed by atoms with Crippen molar-refractivity contribution in [1.29, 1.82) is 0 Å². The van der Waals surface area contributed by atoms with Crippen molar-refractivity contribution in [1.82, 2.24) is 4.98 Å². The van der Waals surface area contributed by atoms with Crippen LogP contribution in [0.2, 0.25) is 5.02 Å². The summed E-state index contributed by atoms with van der Waals surface area (Å²) in [4.78, 5) is 29.1. The van der Waals surface area contributed by atoms with Crippen LogP contribution in [0.1, 0.15) is 17.3 Å². The van der Waals surface area contributed by atoms with Crippen molar-refractivity contribution in [2.75, 3.05) is 10.6 Å². The second kappa shape index (κ2) is 9.29. The molecule has 1 unspecified atom stereocenters. The number of aromatic nitrogens is 1. The fraction of sp³-hybridized carbons (Fsp3) is 0.0833. The minimum atomic E-state index is -0.321. The van der Waals surface area contributed by atoms with Crippen LogP contribution < -0.4 is 10.6 Å². The summed E-state index contributed by atoms with van der Waals surface area (Å²) >= 11 is 7.39. The number of nitrogens with one attached hydrogen (secondary N) is 3. The van der Waals surface area contributed by atoms with E-state index in [0.29, 0.717) is 16.3 Å². The van der Waals surface area contributed by atoms with E-state index in [2.05, 4.69) is 15.6 Å². The molecule has 0 fully saturated rings. The van der Waals surface area contributed by atoms with Crippen LogP contribution in [0.3, 0.4) is 0 Å². The number of amides is 2. The molecule has 4 rings (SSSR count). The number of benzene rings is 3. The molecule has 0 radical (unpaired) electrons. The molecular formula is C24H20ClN3O2S. The van der Waals surface area contributed by atoms with Gasteiger partial charge in [-0.3, -0.25) is 9.59 Å². The summed E-state index contributed by atoms with van der Waals surface area (Å²) in [5.41, 5.74) is 2.85. The zero-order valence-electron chi connectivity index (χ0n) is 16.7. The molecule has 7 heteroatoms. The maximum atomic E-state index is 12.6. The van der Waals surface area contributed by atoms with Gasteiger partial charge in [-0.1, -0.05) is 29.8 Å². The van der Waals surface area contributed by atoms with E-state index >= 15 is 0 Å². The van der Waals surface area contributed by atoms with Gasteiger partial charge in [0.05, 0.1) is 5.25 Å². The highest BCUT2D eigenvalue weighted by Crippen LogP contribution is 2.27. The number of halogens is 1. The SMILES string of the molecule is CC(Sc1cccc(NC(=O)c2cccc(Cl)c2)c1)C(=O)Nc1ccc2cc[nH]c2c1. The second-order valence-electron chi connectivity index (χ2n) is 7.02. The van der Waals surface area contributed by atoms with Crippen molar-refractivity contribution >= 4 is 57.5 Å². The number of aromatic amines is 1. The molecule has 5 nitrogen and oxygen atoms in total. The normalized spacial score (nSPS) is 11.8. The van der Waals surface area contributed by atoms with Crippen LogP contribution in [0.5, 0.6) is 0 Å².